The SMILES string of the molecule is CCNC(=NCCCN1CCCC1C(=O)N(C)C)N(C)Cc1ccccc1C. The Morgan fingerprint density at radius 1 is 1.29 bits per heavy atom. The fourth-order valence-electron chi connectivity index (χ4n) is 3.72. The first kappa shape index (κ1) is 22.2. The average molecular weight is 388 g/mol. The number of carbonyl (C=O) groups excluding carboxylic acids is 1. The number of likely N-dealkylation sites (N-methyl/N-ethyl adjacent to an activating group) is 1. The Labute approximate surface area is 170 Å². The summed E-state index contributed by atoms with van der Waals surface area (Å²) in [5.74, 6) is 1.17. The van der Waals surface area contributed by atoms with E-state index in [1.54, 1.807) is 4.90 Å². The molecule has 1 aromatic carbocycles. The van der Waals surface area contributed by atoms with Gasteiger partial charge in [-0.3, -0.25) is 14.7 Å². The Morgan fingerprint density at radius 2 is 2.04 bits per heavy atom. The van der Waals surface area contributed by atoms with Crippen LogP contribution in [-0.4, -0.2) is 79.9 Å². The summed E-state index contributed by atoms with van der Waals surface area (Å²) < 4.78 is 0. The highest BCUT2D eigenvalue weighted by Gasteiger charge is 2.30. The van der Waals surface area contributed by atoms with Crippen LogP contribution in [0.3, 0.4) is 0 Å². The van der Waals surface area contributed by atoms with Crippen LogP contribution in [0.1, 0.15) is 37.3 Å². The molecule has 0 aliphatic carbocycles. The lowest BCUT2D eigenvalue weighted by atomic mass is 10.1. The van der Waals surface area contributed by atoms with E-state index in [4.69, 9.17) is 4.99 Å². The van der Waals surface area contributed by atoms with Crippen LogP contribution in [0.15, 0.2) is 29.3 Å². The highest BCUT2D eigenvalue weighted by molar-refractivity contribution is 5.81. The average Bonchev–Trinajstić information content (AvgIpc) is 3.13. The molecule has 1 saturated heterocycles. The number of nitrogens with zero attached hydrogens (tertiary/aromatic N) is 4. The van der Waals surface area contributed by atoms with E-state index in [2.05, 4.69) is 60.3 Å². The summed E-state index contributed by atoms with van der Waals surface area (Å²) in [6.45, 7) is 8.63. The first-order valence-electron chi connectivity index (χ1n) is 10.4. The molecule has 1 aromatic rings. The van der Waals surface area contributed by atoms with Crippen LogP contribution in [0, 0.1) is 6.92 Å². The smallest absolute Gasteiger partial charge is 0.239 e. The lowest BCUT2D eigenvalue weighted by Crippen LogP contribution is -2.43. The molecule has 1 aliphatic heterocycles. The molecule has 156 valence electrons. The van der Waals surface area contributed by atoms with Gasteiger partial charge in [0.05, 0.1) is 6.04 Å². The van der Waals surface area contributed by atoms with Gasteiger partial charge in [0.2, 0.25) is 5.91 Å². The molecule has 0 radical (unpaired) electrons. The lowest BCUT2D eigenvalue weighted by Gasteiger charge is -2.26. The van der Waals surface area contributed by atoms with Gasteiger partial charge in [-0.1, -0.05) is 24.3 Å². The molecule has 2 rings (SSSR count). The summed E-state index contributed by atoms with van der Waals surface area (Å²) >= 11 is 0. The molecule has 6 heteroatoms. The number of aliphatic imine (C=N–C) groups is 1. The van der Waals surface area contributed by atoms with Crippen molar-refractivity contribution in [3.63, 3.8) is 0 Å². The molecular weight excluding hydrogens is 350 g/mol. The van der Waals surface area contributed by atoms with Crippen molar-refractivity contribution >= 4 is 11.9 Å². The molecule has 1 atom stereocenters. The van der Waals surface area contributed by atoms with E-state index in [9.17, 15) is 4.79 Å². The zero-order valence-electron chi connectivity index (χ0n) is 18.2. The summed E-state index contributed by atoms with van der Waals surface area (Å²) in [4.78, 5) is 23.3. The standard InChI is InChI=1S/C22H37N5O/c1-6-23-22(26(5)17-19-12-8-7-11-18(19)2)24-14-10-16-27-15-9-13-20(27)21(28)25(3)4/h7-8,11-12,20H,6,9-10,13-17H2,1-5H3,(H,23,24). The van der Waals surface area contributed by atoms with Gasteiger partial charge in [0.1, 0.15) is 0 Å². The van der Waals surface area contributed by atoms with Crippen molar-refractivity contribution in [3.05, 3.63) is 35.4 Å². The topological polar surface area (TPSA) is 51.2 Å². The summed E-state index contributed by atoms with van der Waals surface area (Å²) in [5, 5.41) is 3.39. The Morgan fingerprint density at radius 3 is 2.71 bits per heavy atom. The number of guanidine groups is 1. The molecule has 1 aliphatic rings. The van der Waals surface area contributed by atoms with Crippen LogP contribution in [0.4, 0.5) is 0 Å². The first-order chi connectivity index (χ1) is 13.4. The van der Waals surface area contributed by atoms with Crippen molar-refractivity contribution in [3.8, 4) is 0 Å². The fraction of sp³-hybridized carbons (Fsp3) is 0.636. The summed E-state index contributed by atoms with van der Waals surface area (Å²) in [6.07, 6.45) is 3.04. The number of hydrogen-bond acceptors (Lipinski definition) is 3. The van der Waals surface area contributed by atoms with Crippen LogP contribution in [0.25, 0.3) is 0 Å². The maximum atomic E-state index is 12.3. The van der Waals surface area contributed by atoms with E-state index in [1.165, 1.54) is 11.1 Å². The highest BCUT2D eigenvalue weighted by Crippen LogP contribution is 2.18. The molecule has 6 nitrogen and oxygen atoms in total. The van der Waals surface area contributed by atoms with Crippen LogP contribution in [0.2, 0.25) is 0 Å². The number of nitrogens with one attached hydrogen (secondary N) is 1. The second-order valence-electron chi connectivity index (χ2n) is 7.80. The lowest BCUT2D eigenvalue weighted by molar-refractivity contribution is -0.133. The van der Waals surface area contributed by atoms with Gasteiger partial charge in [-0.2, -0.15) is 0 Å². The Kier molecular flexibility index (Phi) is 8.77. The van der Waals surface area contributed by atoms with E-state index < -0.39 is 0 Å². The quantitative estimate of drug-likeness (QED) is 0.423. The number of hydrogen-bond donors (Lipinski definition) is 1. The molecule has 1 amide bonds. The number of aryl methyl sites for hydroxylation is 1. The van der Waals surface area contributed by atoms with E-state index in [0.717, 1.165) is 57.9 Å². The van der Waals surface area contributed by atoms with Crippen LogP contribution < -0.4 is 5.32 Å². The van der Waals surface area contributed by atoms with Crippen molar-refractivity contribution in [2.24, 2.45) is 4.99 Å². The summed E-state index contributed by atoms with van der Waals surface area (Å²) in [5.41, 5.74) is 2.62. The minimum absolute atomic E-state index is 0.0518. The number of amides is 1. The molecule has 0 bridgehead atoms. The van der Waals surface area contributed by atoms with Crippen molar-refractivity contribution in [1.29, 1.82) is 0 Å². The largest absolute Gasteiger partial charge is 0.357 e. The second-order valence-corrected chi connectivity index (χ2v) is 7.80. The third-order valence-electron chi connectivity index (χ3n) is 5.32. The fourth-order valence-corrected chi connectivity index (χ4v) is 3.72. The van der Waals surface area contributed by atoms with Gasteiger partial charge < -0.3 is 15.1 Å². The zero-order chi connectivity index (χ0) is 20.5. The molecule has 1 fully saturated rings. The maximum absolute atomic E-state index is 12.3. The van der Waals surface area contributed by atoms with E-state index in [-0.39, 0.29) is 11.9 Å². The predicted octanol–water partition coefficient (Wildman–Crippen LogP) is 2.34. The molecule has 1 unspecified atom stereocenters. The summed E-state index contributed by atoms with van der Waals surface area (Å²) in [6, 6.07) is 8.53. The zero-order valence-corrected chi connectivity index (χ0v) is 18.2. The Bertz CT molecular complexity index is 658. The monoisotopic (exact) mass is 387 g/mol. The van der Waals surface area contributed by atoms with Crippen molar-refractivity contribution < 1.29 is 4.79 Å². The number of likely N-dealkylation sites (tertiary alicyclic amines) is 1. The first-order valence-corrected chi connectivity index (χ1v) is 10.4. The number of benzene rings is 1. The van der Waals surface area contributed by atoms with Gasteiger partial charge in [0.25, 0.3) is 0 Å². The van der Waals surface area contributed by atoms with E-state index >= 15 is 0 Å². The maximum Gasteiger partial charge on any atom is 0.239 e. The van der Waals surface area contributed by atoms with Crippen molar-refractivity contribution in [1.82, 2.24) is 20.0 Å². The normalized spacial score (nSPS) is 17.6. The van der Waals surface area contributed by atoms with Crippen molar-refractivity contribution in [2.45, 2.75) is 45.7 Å². The molecule has 1 N–H and O–H groups in total. The third kappa shape index (κ3) is 6.23. The van der Waals surface area contributed by atoms with Crippen molar-refractivity contribution in [2.75, 3.05) is 47.3 Å². The molecule has 0 aromatic heterocycles. The number of rotatable bonds is 8. The highest BCUT2D eigenvalue weighted by atomic mass is 16.2. The molecular formula is C22H37N5O. The third-order valence-corrected chi connectivity index (χ3v) is 5.32. The number of carbonyl (C=O) groups is 1. The molecule has 28 heavy (non-hydrogen) atoms. The second kappa shape index (κ2) is 11.1. The van der Waals surface area contributed by atoms with Gasteiger partial charge >= 0.3 is 0 Å². The van der Waals surface area contributed by atoms with Gasteiger partial charge in [-0.15, -0.1) is 0 Å². The Hall–Kier alpha value is -2.08. The minimum Gasteiger partial charge on any atom is -0.357 e. The Balaban J connectivity index is 1.88. The van der Waals surface area contributed by atoms with Gasteiger partial charge in [0.15, 0.2) is 5.96 Å². The van der Waals surface area contributed by atoms with Gasteiger partial charge in [-0.25, -0.2) is 0 Å². The minimum atomic E-state index is 0.0518. The molecule has 0 spiro atoms. The van der Waals surface area contributed by atoms with E-state index in [1.807, 2.05) is 14.1 Å². The van der Waals surface area contributed by atoms with Gasteiger partial charge in [-0.05, 0) is 50.8 Å². The molecule has 1 heterocycles. The predicted molar refractivity (Wildman–Crippen MR) is 117 cm³/mol. The van der Waals surface area contributed by atoms with Crippen LogP contribution in [0.5, 0.6) is 0 Å². The van der Waals surface area contributed by atoms with Crippen LogP contribution >= 0.6 is 0 Å². The van der Waals surface area contributed by atoms with E-state index in [0.29, 0.717) is 0 Å². The summed E-state index contributed by atoms with van der Waals surface area (Å²) in [7, 11) is 5.77. The van der Waals surface area contributed by atoms with Gasteiger partial charge in [0, 0.05) is 47.3 Å². The molecule has 0 saturated carbocycles. The van der Waals surface area contributed by atoms with Crippen LogP contribution in [-0.2, 0) is 11.3 Å².